The van der Waals surface area contributed by atoms with E-state index in [4.69, 9.17) is 14.7 Å². The van der Waals surface area contributed by atoms with Gasteiger partial charge in [-0.3, -0.25) is 0 Å². The van der Waals surface area contributed by atoms with Crippen LogP contribution in [-0.2, 0) is 0 Å². The zero-order valence-electron chi connectivity index (χ0n) is 3.01. The molecule has 0 rings (SSSR count). The van der Waals surface area contributed by atoms with Gasteiger partial charge in [0.2, 0.25) is 0 Å². The summed E-state index contributed by atoms with van der Waals surface area (Å²) in [7, 11) is 0. The molecule has 0 saturated heterocycles. The van der Waals surface area contributed by atoms with Gasteiger partial charge in [0, 0.05) is 5.23 Å². The molecule has 0 atom stereocenters. The lowest BCUT2D eigenvalue weighted by Crippen LogP contribution is -1.93. The van der Waals surface area contributed by atoms with Gasteiger partial charge < -0.3 is 0 Å². The maximum Gasteiger partial charge on any atom is 0.105 e. The Morgan fingerprint density at radius 1 is 0.857 bits per heavy atom. The highest BCUT2D eigenvalue weighted by molar-refractivity contribution is 4.25. The van der Waals surface area contributed by atoms with Crippen LogP contribution in [0.1, 0.15) is 0 Å². The van der Waals surface area contributed by atoms with Gasteiger partial charge in [0.05, 0.1) is 0 Å². The van der Waals surface area contributed by atoms with Gasteiger partial charge in [0.15, 0.2) is 0 Å². The Balaban J connectivity index is 3.57. The van der Waals surface area contributed by atoms with Gasteiger partial charge >= 0.3 is 0 Å². The summed E-state index contributed by atoms with van der Waals surface area (Å²) in [4.78, 5) is 27.2. The summed E-state index contributed by atoms with van der Waals surface area (Å²) in [6.07, 6.45) is 0. The van der Waals surface area contributed by atoms with Crippen LogP contribution in [-0.4, -0.2) is 5.23 Å². The fourth-order valence-corrected chi connectivity index (χ4v) is 0.0447. The van der Waals surface area contributed by atoms with Crippen LogP contribution in [0.15, 0.2) is 15.9 Å². The van der Waals surface area contributed by atoms with Crippen molar-refractivity contribution in [2.75, 3.05) is 0 Å². The third kappa shape index (κ3) is 1.47. The van der Waals surface area contributed by atoms with Crippen LogP contribution in [0.3, 0.4) is 0 Å². The molecule has 0 radical (unpaired) electrons. The minimum Gasteiger partial charge on any atom is -0.121 e. The van der Waals surface area contributed by atoms with E-state index in [1.165, 1.54) is 0 Å². The highest BCUT2D eigenvalue weighted by atomic mass is 16.4. The Morgan fingerprint density at radius 3 is 1.14 bits per heavy atom. The lowest BCUT2D eigenvalue weighted by Gasteiger charge is -1.81. The van der Waals surface area contributed by atoms with Gasteiger partial charge in [-0.2, -0.15) is 0 Å². The molecule has 7 heavy (non-hydrogen) atoms. The number of rotatable bonds is 3. The van der Waals surface area contributed by atoms with Crippen molar-refractivity contribution >= 4 is 0 Å². The third-order valence-electron chi connectivity index (χ3n) is 0.219. The first-order valence-corrected chi connectivity index (χ1v) is 1.15. The molecule has 0 aromatic heterocycles. The van der Waals surface area contributed by atoms with E-state index in [0.717, 1.165) is 0 Å². The minimum absolute atomic E-state index is 0.417. The van der Waals surface area contributed by atoms with E-state index in [-0.39, 0.29) is 0 Å². The zero-order chi connectivity index (χ0) is 5.70. The predicted molar refractivity (Wildman–Crippen MR) is 19.2 cm³/mol. The third-order valence-corrected chi connectivity index (χ3v) is 0.219. The van der Waals surface area contributed by atoms with Crippen molar-refractivity contribution in [1.82, 2.24) is 5.23 Å². The standard InChI is InChI=1S/N4O3/c5-1-4(2-6)3-7. The fraction of sp³-hybridized carbons (Fsp3) is 0. The SMILES string of the molecule is O=NN(N=O)N=O. The first-order chi connectivity index (χ1) is 3.35. The molecule has 7 nitrogen and oxygen atoms in total. The van der Waals surface area contributed by atoms with Crippen molar-refractivity contribution in [3.8, 4) is 0 Å². The number of nitrogens with zero attached hydrogens (tertiary/aromatic N) is 4. The number of hydrogen-bond acceptors (Lipinski definition) is 6. The van der Waals surface area contributed by atoms with Crippen molar-refractivity contribution < 1.29 is 0 Å². The highest BCUT2D eigenvalue weighted by Crippen LogP contribution is 1.85. The van der Waals surface area contributed by atoms with Crippen LogP contribution >= 0.6 is 0 Å². The van der Waals surface area contributed by atoms with E-state index >= 15 is 0 Å². The van der Waals surface area contributed by atoms with Gasteiger partial charge in [-0.15, -0.1) is 14.7 Å². The summed E-state index contributed by atoms with van der Waals surface area (Å²) < 4.78 is 0. The Bertz CT molecular complexity index is 67.9. The van der Waals surface area contributed by atoms with Crippen LogP contribution < -0.4 is 0 Å². The first kappa shape index (κ1) is 5.60. The molecule has 0 saturated carbocycles. The van der Waals surface area contributed by atoms with E-state index in [2.05, 4.69) is 0 Å². The Morgan fingerprint density at radius 2 is 1.14 bits per heavy atom. The molecule has 0 aromatic carbocycles. The average molecular weight is 104 g/mol. The van der Waals surface area contributed by atoms with Gasteiger partial charge in [-0.1, -0.05) is 0 Å². The second-order valence-electron chi connectivity index (χ2n) is 0.513. The summed E-state index contributed by atoms with van der Waals surface area (Å²) in [5.74, 6) is 0. The molecule has 38 valence electrons. The monoisotopic (exact) mass is 104 g/mol. The minimum atomic E-state index is -0.417. The summed E-state index contributed by atoms with van der Waals surface area (Å²) >= 11 is 0. The first-order valence-electron chi connectivity index (χ1n) is 1.15. The summed E-state index contributed by atoms with van der Waals surface area (Å²) in [6.45, 7) is 0. The van der Waals surface area contributed by atoms with Crippen LogP contribution in [0.4, 0.5) is 0 Å². The van der Waals surface area contributed by atoms with Crippen molar-refractivity contribution in [1.29, 1.82) is 0 Å². The Hall–Kier alpha value is -1.40. The Kier molecular flexibility index (Phi) is 2.25. The van der Waals surface area contributed by atoms with Crippen molar-refractivity contribution in [3.63, 3.8) is 0 Å². The molecule has 0 unspecified atom stereocenters. The largest absolute Gasteiger partial charge is 0.121 e. The molecule has 0 heterocycles. The van der Waals surface area contributed by atoms with E-state index < -0.39 is 5.23 Å². The smallest absolute Gasteiger partial charge is 0.105 e. The summed E-state index contributed by atoms with van der Waals surface area (Å²) in [5.41, 5.74) is 0. The van der Waals surface area contributed by atoms with Crippen molar-refractivity contribution in [3.05, 3.63) is 14.7 Å². The summed E-state index contributed by atoms with van der Waals surface area (Å²) in [6, 6.07) is 0. The second kappa shape index (κ2) is 2.82. The Labute approximate surface area is 37.1 Å². The second-order valence-corrected chi connectivity index (χ2v) is 0.513. The molecular weight excluding hydrogens is 104 g/mol. The molecule has 0 amide bonds. The molecular formula is N4O3. The number of hydrogen-bond donors (Lipinski definition) is 0. The molecule has 0 bridgehead atoms. The quantitative estimate of drug-likeness (QED) is 0.381. The van der Waals surface area contributed by atoms with Gasteiger partial charge in [-0.25, -0.2) is 0 Å². The maximum atomic E-state index is 9.06. The molecule has 0 aliphatic rings. The molecule has 0 aromatic rings. The molecule has 0 spiro atoms. The van der Waals surface area contributed by atoms with Crippen LogP contribution in [0.2, 0.25) is 0 Å². The lowest BCUT2D eigenvalue weighted by molar-refractivity contribution is 0.308. The van der Waals surface area contributed by atoms with Crippen molar-refractivity contribution in [2.45, 2.75) is 0 Å². The van der Waals surface area contributed by atoms with Crippen LogP contribution in [0.5, 0.6) is 0 Å². The molecule has 0 fully saturated rings. The highest BCUT2D eigenvalue weighted by Gasteiger charge is 1.94. The van der Waals surface area contributed by atoms with Crippen LogP contribution in [0, 0.1) is 14.7 Å². The van der Waals surface area contributed by atoms with E-state index in [1.54, 1.807) is 15.9 Å². The zero-order valence-corrected chi connectivity index (χ0v) is 3.01. The van der Waals surface area contributed by atoms with Crippen LogP contribution in [0.25, 0.3) is 0 Å². The van der Waals surface area contributed by atoms with E-state index in [1.807, 2.05) is 0 Å². The molecule has 0 aliphatic heterocycles. The van der Waals surface area contributed by atoms with Crippen molar-refractivity contribution in [2.24, 2.45) is 15.9 Å². The fourth-order valence-electron chi connectivity index (χ4n) is 0.0447. The predicted octanol–water partition coefficient (Wildman–Crippen LogP) is 0.333. The number of nitroso groups, excluding NO2 is 3. The lowest BCUT2D eigenvalue weighted by atomic mass is 12.2. The van der Waals surface area contributed by atoms with E-state index in [0.29, 0.717) is 0 Å². The molecule has 0 aliphatic carbocycles. The maximum absolute atomic E-state index is 9.06. The normalized spacial score (nSPS) is 6.86. The summed E-state index contributed by atoms with van der Waals surface area (Å²) in [5, 5.41) is 4.83. The van der Waals surface area contributed by atoms with Gasteiger partial charge in [-0.05, 0) is 0 Å². The molecule has 7 heteroatoms. The molecule has 0 N–H and O–H groups in total. The topological polar surface area (TPSA) is 91.5 Å². The van der Waals surface area contributed by atoms with E-state index in [9.17, 15) is 0 Å². The average Bonchev–Trinajstić information content (AvgIpc) is 1.72. The van der Waals surface area contributed by atoms with Gasteiger partial charge in [0.25, 0.3) is 0 Å². The van der Waals surface area contributed by atoms with Gasteiger partial charge in [0.1, 0.15) is 15.9 Å².